The second-order valence-corrected chi connectivity index (χ2v) is 3.34. The van der Waals surface area contributed by atoms with Crippen molar-refractivity contribution in [3.8, 4) is 5.82 Å². The Hall–Kier alpha value is -1.91. The van der Waals surface area contributed by atoms with Crippen LogP contribution in [-0.4, -0.2) is 19.7 Å². The summed E-state index contributed by atoms with van der Waals surface area (Å²) < 4.78 is 1.61. The monoisotopic (exact) mass is 204 g/mol. The Morgan fingerprint density at radius 2 is 2.33 bits per heavy atom. The zero-order chi connectivity index (χ0) is 10.8. The minimum atomic E-state index is -0.161. The van der Waals surface area contributed by atoms with Crippen LogP contribution in [0.2, 0.25) is 0 Å². The quantitative estimate of drug-likeness (QED) is 0.787. The molecule has 0 aliphatic rings. The van der Waals surface area contributed by atoms with Gasteiger partial charge in [0.15, 0.2) is 5.82 Å². The maximum absolute atomic E-state index is 11.2. The van der Waals surface area contributed by atoms with Crippen molar-refractivity contribution in [2.45, 2.75) is 20.3 Å². The van der Waals surface area contributed by atoms with Crippen LogP contribution < -0.4 is 5.56 Å². The molecule has 0 fully saturated rings. The third-order valence-electron chi connectivity index (χ3n) is 2.13. The molecule has 0 amide bonds. The van der Waals surface area contributed by atoms with Gasteiger partial charge in [-0.1, -0.05) is 6.92 Å². The Balaban J connectivity index is 2.48. The molecule has 0 saturated heterocycles. The molecule has 5 nitrogen and oxygen atoms in total. The summed E-state index contributed by atoms with van der Waals surface area (Å²) in [5.74, 6) is 1.14. The number of hydrogen-bond donors (Lipinski definition) is 1. The van der Waals surface area contributed by atoms with Crippen molar-refractivity contribution in [1.29, 1.82) is 0 Å². The normalized spacial score (nSPS) is 10.5. The van der Waals surface area contributed by atoms with Crippen LogP contribution in [0.4, 0.5) is 0 Å². The largest absolute Gasteiger partial charge is 0.311 e. The van der Waals surface area contributed by atoms with Crippen LogP contribution >= 0.6 is 0 Å². The molecule has 0 bridgehead atoms. The van der Waals surface area contributed by atoms with Crippen LogP contribution in [0.3, 0.4) is 0 Å². The lowest BCUT2D eigenvalue weighted by Gasteiger charge is -1.99. The van der Waals surface area contributed by atoms with Gasteiger partial charge in [0.05, 0.1) is 6.20 Å². The van der Waals surface area contributed by atoms with E-state index in [-0.39, 0.29) is 5.56 Å². The van der Waals surface area contributed by atoms with E-state index in [9.17, 15) is 4.79 Å². The summed E-state index contributed by atoms with van der Waals surface area (Å²) in [6.07, 6.45) is 4.57. The molecule has 0 atom stereocenters. The van der Waals surface area contributed by atoms with E-state index < -0.39 is 0 Å². The first-order valence-electron chi connectivity index (χ1n) is 4.81. The zero-order valence-electron chi connectivity index (χ0n) is 8.69. The summed E-state index contributed by atoms with van der Waals surface area (Å²) in [6, 6.07) is 1.43. The number of aromatic amines is 1. The summed E-state index contributed by atoms with van der Waals surface area (Å²) in [7, 11) is 0. The van der Waals surface area contributed by atoms with Crippen molar-refractivity contribution >= 4 is 0 Å². The van der Waals surface area contributed by atoms with Gasteiger partial charge in [-0.2, -0.15) is 5.10 Å². The summed E-state index contributed by atoms with van der Waals surface area (Å²) in [6.45, 7) is 3.80. The van der Waals surface area contributed by atoms with Crippen molar-refractivity contribution < 1.29 is 0 Å². The SMILES string of the molecule is CCc1cnn(-c2cc(=O)[nH]c(C)n2)c1. The van der Waals surface area contributed by atoms with E-state index >= 15 is 0 Å². The maximum Gasteiger partial charge on any atom is 0.253 e. The van der Waals surface area contributed by atoms with E-state index in [1.165, 1.54) is 6.07 Å². The number of aryl methyl sites for hydroxylation is 2. The minimum Gasteiger partial charge on any atom is -0.311 e. The van der Waals surface area contributed by atoms with E-state index in [1.807, 2.05) is 6.20 Å². The molecular weight excluding hydrogens is 192 g/mol. The van der Waals surface area contributed by atoms with Crippen molar-refractivity contribution in [2.75, 3.05) is 0 Å². The summed E-state index contributed by atoms with van der Waals surface area (Å²) in [5.41, 5.74) is 0.959. The minimum absolute atomic E-state index is 0.161. The number of aromatic nitrogens is 4. The van der Waals surface area contributed by atoms with E-state index in [2.05, 4.69) is 22.0 Å². The van der Waals surface area contributed by atoms with Crippen LogP contribution in [0.15, 0.2) is 23.3 Å². The van der Waals surface area contributed by atoms with E-state index in [0.29, 0.717) is 11.6 Å². The molecule has 2 rings (SSSR count). The molecule has 0 radical (unpaired) electrons. The number of nitrogens with one attached hydrogen (secondary N) is 1. The predicted octanol–water partition coefficient (Wildman–Crippen LogP) is 0.826. The smallest absolute Gasteiger partial charge is 0.253 e. The fourth-order valence-corrected chi connectivity index (χ4v) is 1.35. The third-order valence-corrected chi connectivity index (χ3v) is 2.13. The number of H-pyrrole nitrogens is 1. The number of nitrogens with zero attached hydrogens (tertiary/aromatic N) is 3. The Morgan fingerprint density at radius 3 is 2.93 bits per heavy atom. The molecule has 0 unspecified atom stereocenters. The summed E-state index contributed by atoms with van der Waals surface area (Å²) in [5, 5.41) is 4.14. The average Bonchev–Trinajstić information content (AvgIpc) is 2.64. The highest BCUT2D eigenvalue weighted by atomic mass is 16.1. The highest BCUT2D eigenvalue weighted by Gasteiger charge is 2.02. The fraction of sp³-hybridized carbons (Fsp3) is 0.300. The highest BCUT2D eigenvalue weighted by molar-refractivity contribution is 5.21. The molecule has 78 valence electrons. The first kappa shape index (κ1) is 9.64. The van der Waals surface area contributed by atoms with Crippen molar-refractivity contribution in [3.63, 3.8) is 0 Å². The van der Waals surface area contributed by atoms with Gasteiger partial charge in [0.25, 0.3) is 5.56 Å². The van der Waals surface area contributed by atoms with E-state index in [4.69, 9.17) is 0 Å². The van der Waals surface area contributed by atoms with E-state index in [0.717, 1.165) is 12.0 Å². The van der Waals surface area contributed by atoms with Gasteiger partial charge < -0.3 is 4.98 Å². The van der Waals surface area contributed by atoms with Crippen molar-refractivity contribution in [1.82, 2.24) is 19.7 Å². The van der Waals surface area contributed by atoms with Gasteiger partial charge >= 0.3 is 0 Å². The molecule has 2 heterocycles. The van der Waals surface area contributed by atoms with Gasteiger partial charge in [0, 0.05) is 12.3 Å². The van der Waals surface area contributed by atoms with Crippen LogP contribution in [0.25, 0.3) is 5.82 Å². The lowest BCUT2D eigenvalue weighted by atomic mass is 10.3. The number of rotatable bonds is 2. The molecule has 0 spiro atoms. The lowest BCUT2D eigenvalue weighted by molar-refractivity contribution is 0.822. The third kappa shape index (κ3) is 1.96. The van der Waals surface area contributed by atoms with Crippen LogP contribution in [0.1, 0.15) is 18.3 Å². The lowest BCUT2D eigenvalue weighted by Crippen LogP contribution is -2.12. The Kier molecular flexibility index (Phi) is 2.37. The number of hydrogen-bond acceptors (Lipinski definition) is 3. The van der Waals surface area contributed by atoms with Crippen LogP contribution in [-0.2, 0) is 6.42 Å². The maximum atomic E-state index is 11.2. The first-order chi connectivity index (χ1) is 7.19. The molecule has 5 heteroatoms. The summed E-state index contributed by atoms with van der Waals surface area (Å²) in [4.78, 5) is 18.0. The van der Waals surface area contributed by atoms with Gasteiger partial charge in [-0.25, -0.2) is 9.67 Å². The average molecular weight is 204 g/mol. The van der Waals surface area contributed by atoms with Gasteiger partial charge in [0.2, 0.25) is 0 Å². The molecule has 0 aliphatic heterocycles. The van der Waals surface area contributed by atoms with Gasteiger partial charge in [-0.15, -0.1) is 0 Å². The van der Waals surface area contributed by atoms with Crippen LogP contribution in [0.5, 0.6) is 0 Å². The molecular formula is C10H12N4O. The molecule has 0 aromatic carbocycles. The second kappa shape index (κ2) is 3.68. The fourth-order valence-electron chi connectivity index (χ4n) is 1.35. The van der Waals surface area contributed by atoms with Gasteiger partial charge in [-0.3, -0.25) is 4.79 Å². The molecule has 0 aliphatic carbocycles. The second-order valence-electron chi connectivity index (χ2n) is 3.34. The van der Waals surface area contributed by atoms with Crippen molar-refractivity contribution in [2.24, 2.45) is 0 Å². The molecule has 1 N–H and O–H groups in total. The topological polar surface area (TPSA) is 63.6 Å². The Bertz CT molecular complexity index is 526. The Labute approximate surface area is 86.8 Å². The first-order valence-corrected chi connectivity index (χ1v) is 4.81. The molecule has 2 aromatic rings. The van der Waals surface area contributed by atoms with E-state index in [1.54, 1.807) is 17.8 Å². The zero-order valence-corrected chi connectivity index (χ0v) is 8.69. The molecule has 2 aromatic heterocycles. The molecule has 0 saturated carbocycles. The van der Waals surface area contributed by atoms with Crippen LogP contribution in [0, 0.1) is 6.92 Å². The van der Waals surface area contributed by atoms with Gasteiger partial charge in [-0.05, 0) is 18.9 Å². The van der Waals surface area contributed by atoms with Crippen molar-refractivity contribution in [3.05, 3.63) is 40.2 Å². The molecule has 15 heavy (non-hydrogen) atoms. The standard InChI is InChI=1S/C10H12N4O/c1-3-8-5-11-14(6-8)9-4-10(15)13-7(2)12-9/h4-6H,3H2,1-2H3,(H,12,13,15). The summed E-state index contributed by atoms with van der Waals surface area (Å²) >= 11 is 0. The predicted molar refractivity (Wildman–Crippen MR) is 56.1 cm³/mol. The van der Waals surface area contributed by atoms with Gasteiger partial charge in [0.1, 0.15) is 5.82 Å². The Morgan fingerprint density at radius 1 is 1.53 bits per heavy atom. The highest BCUT2D eigenvalue weighted by Crippen LogP contribution is 2.03.